The van der Waals surface area contributed by atoms with Crippen LogP contribution in [0.5, 0.6) is 11.5 Å². The van der Waals surface area contributed by atoms with Crippen molar-refractivity contribution in [1.82, 2.24) is 5.32 Å². The third kappa shape index (κ3) is 3.41. The topological polar surface area (TPSA) is 64.6 Å². The summed E-state index contributed by atoms with van der Waals surface area (Å²) in [7, 11) is -3.89. The highest BCUT2D eigenvalue weighted by atomic mass is 32.2. The number of sulfone groups is 1. The van der Waals surface area contributed by atoms with E-state index in [0.717, 1.165) is 31.1 Å². The molecule has 2 aromatic carbocycles. The second-order valence-electron chi connectivity index (χ2n) is 7.25. The van der Waals surface area contributed by atoms with Gasteiger partial charge >= 0.3 is 0 Å². The van der Waals surface area contributed by atoms with Gasteiger partial charge in [0.05, 0.1) is 15.9 Å². The highest BCUT2D eigenvalue weighted by Crippen LogP contribution is 2.42. The minimum atomic E-state index is -3.89. The number of benzene rings is 2. The number of hydrogen-bond donors (Lipinski definition) is 1. The fraction of sp³-hybridized carbons (Fsp3) is 0.400. The number of rotatable bonds is 4. The molecule has 1 N–H and O–H groups in total. The summed E-state index contributed by atoms with van der Waals surface area (Å²) in [5.74, 6) is 0.433. The first-order chi connectivity index (χ1) is 12.8. The first kappa shape index (κ1) is 18.3. The van der Waals surface area contributed by atoms with Gasteiger partial charge in [-0.1, -0.05) is 6.07 Å². The Kier molecular flexibility index (Phi) is 4.60. The predicted molar refractivity (Wildman–Crippen MR) is 98.7 cm³/mol. The van der Waals surface area contributed by atoms with Crippen LogP contribution >= 0.6 is 0 Å². The van der Waals surface area contributed by atoms with Gasteiger partial charge in [0, 0.05) is 24.1 Å². The van der Waals surface area contributed by atoms with Crippen molar-refractivity contribution in [2.45, 2.75) is 48.2 Å². The van der Waals surface area contributed by atoms with Crippen molar-refractivity contribution in [2.24, 2.45) is 0 Å². The normalized spacial score (nSPS) is 21.5. The Morgan fingerprint density at radius 3 is 2.78 bits per heavy atom. The Balaban J connectivity index is 1.70. The van der Waals surface area contributed by atoms with Crippen molar-refractivity contribution in [3.8, 4) is 11.5 Å². The minimum absolute atomic E-state index is 0.0342. The first-order valence-electron chi connectivity index (χ1n) is 9.08. The molecule has 5 nitrogen and oxygen atoms in total. The number of ether oxygens (including phenoxy) is 2. The largest absolute Gasteiger partial charge is 0.491 e. The maximum Gasteiger partial charge on any atom is 0.206 e. The monoisotopic (exact) mass is 391 g/mol. The number of fused-ring (bicyclic) bond motifs is 3. The zero-order chi connectivity index (χ0) is 19.2. The number of piperidine rings is 1. The van der Waals surface area contributed by atoms with Crippen LogP contribution in [0.15, 0.2) is 46.2 Å². The Morgan fingerprint density at radius 1 is 1.19 bits per heavy atom. The van der Waals surface area contributed by atoms with Crippen LogP contribution in [0.25, 0.3) is 0 Å². The zero-order valence-corrected chi connectivity index (χ0v) is 16.1. The molecule has 7 heteroatoms. The molecule has 0 aliphatic carbocycles. The number of halogens is 1. The fourth-order valence-electron chi connectivity index (χ4n) is 3.73. The van der Waals surface area contributed by atoms with Crippen LogP contribution in [-0.2, 0) is 9.84 Å². The van der Waals surface area contributed by atoms with E-state index in [9.17, 15) is 12.8 Å². The second kappa shape index (κ2) is 6.80. The fourth-order valence-corrected chi connectivity index (χ4v) is 5.05. The van der Waals surface area contributed by atoms with Gasteiger partial charge in [0.1, 0.15) is 23.4 Å². The molecule has 4 rings (SSSR count). The molecular weight excluding hydrogens is 369 g/mol. The summed E-state index contributed by atoms with van der Waals surface area (Å²) < 4.78 is 51.5. The van der Waals surface area contributed by atoms with Gasteiger partial charge < -0.3 is 14.8 Å². The number of nitrogens with one attached hydrogen (secondary N) is 1. The molecule has 1 fully saturated rings. The molecule has 0 bridgehead atoms. The van der Waals surface area contributed by atoms with E-state index in [1.165, 1.54) is 12.1 Å². The highest BCUT2D eigenvalue weighted by molar-refractivity contribution is 7.91. The van der Waals surface area contributed by atoms with Gasteiger partial charge in [-0.25, -0.2) is 12.8 Å². The smallest absolute Gasteiger partial charge is 0.206 e. The van der Waals surface area contributed by atoms with Crippen molar-refractivity contribution in [3.63, 3.8) is 0 Å². The Bertz CT molecular complexity index is 974. The maximum absolute atomic E-state index is 14.0. The summed E-state index contributed by atoms with van der Waals surface area (Å²) in [6.07, 6.45) is 0.809. The molecule has 144 valence electrons. The molecule has 2 aliphatic rings. The lowest BCUT2D eigenvalue weighted by Crippen LogP contribution is -2.39. The molecular formula is C20H22FNO4S. The van der Waals surface area contributed by atoms with Crippen LogP contribution in [0.4, 0.5) is 4.39 Å². The lowest BCUT2D eigenvalue weighted by Gasteiger charge is -2.24. The second-order valence-corrected chi connectivity index (χ2v) is 9.20. The van der Waals surface area contributed by atoms with E-state index in [-0.39, 0.29) is 27.7 Å². The Hall–Kier alpha value is -2.12. The molecule has 2 heterocycles. The van der Waals surface area contributed by atoms with Crippen LogP contribution in [-0.4, -0.2) is 33.7 Å². The van der Waals surface area contributed by atoms with Gasteiger partial charge in [-0.15, -0.1) is 0 Å². The van der Waals surface area contributed by atoms with Gasteiger partial charge in [0.2, 0.25) is 9.84 Å². The van der Waals surface area contributed by atoms with Gasteiger partial charge in [-0.05, 0) is 51.1 Å². The Labute approximate surface area is 158 Å². The van der Waals surface area contributed by atoms with Crippen molar-refractivity contribution in [3.05, 3.63) is 47.8 Å². The minimum Gasteiger partial charge on any atom is -0.491 e. The summed E-state index contributed by atoms with van der Waals surface area (Å²) in [5, 5.41) is 3.29. The molecule has 1 saturated heterocycles. The van der Waals surface area contributed by atoms with Gasteiger partial charge in [0.15, 0.2) is 0 Å². The van der Waals surface area contributed by atoms with Crippen molar-refractivity contribution < 1.29 is 22.3 Å². The summed E-state index contributed by atoms with van der Waals surface area (Å²) in [5.41, 5.74) is 1.04. The van der Waals surface area contributed by atoms with E-state index >= 15 is 0 Å². The third-order valence-corrected chi connectivity index (χ3v) is 6.66. The van der Waals surface area contributed by atoms with Crippen LogP contribution in [0.2, 0.25) is 0 Å². The van der Waals surface area contributed by atoms with E-state index in [1.54, 1.807) is 26.0 Å². The average Bonchev–Trinajstić information content (AvgIpc) is 2.98. The van der Waals surface area contributed by atoms with Crippen molar-refractivity contribution in [1.29, 1.82) is 0 Å². The van der Waals surface area contributed by atoms with Crippen LogP contribution in [0, 0.1) is 5.82 Å². The van der Waals surface area contributed by atoms with Crippen LogP contribution < -0.4 is 14.8 Å². The highest BCUT2D eigenvalue weighted by Gasteiger charge is 2.37. The molecule has 0 aromatic heterocycles. The first-order valence-corrected chi connectivity index (χ1v) is 10.6. The molecule has 0 spiro atoms. The number of hydrogen-bond acceptors (Lipinski definition) is 5. The summed E-state index contributed by atoms with van der Waals surface area (Å²) >= 11 is 0. The summed E-state index contributed by atoms with van der Waals surface area (Å²) in [4.78, 5) is -0.0378. The van der Waals surface area contributed by atoms with Gasteiger partial charge in [0.25, 0.3) is 0 Å². The van der Waals surface area contributed by atoms with E-state index in [0.29, 0.717) is 11.7 Å². The quantitative estimate of drug-likeness (QED) is 0.867. The maximum atomic E-state index is 14.0. The standard InChI is InChI=1S/C20H22FNO4S/c1-12(2)25-14-7-13(21)8-16(9-14)27(23,24)15-3-4-17-18-5-6-22-11-20(18)26-19(17)10-15/h3-4,7-10,12,18,20,22H,5-6,11H2,1-2H3/t18-,20-/m0/s1. The molecule has 0 amide bonds. The molecule has 0 saturated carbocycles. The summed E-state index contributed by atoms with van der Waals surface area (Å²) in [6, 6.07) is 8.51. The van der Waals surface area contributed by atoms with Crippen LogP contribution in [0.3, 0.4) is 0 Å². The zero-order valence-electron chi connectivity index (χ0n) is 15.2. The van der Waals surface area contributed by atoms with Gasteiger partial charge in [-0.2, -0.15) is 0 Å². The van der Waals surface area contributed by atoms with E-state index in [4.69, 9.17) is 9.47 Å². The SMILES string of the molecule is CC(C)Oc1cc(F)cc(S(=O)(=O)c2ccc3c(c2)O[C@H]2CNCC[C@@H]32)c1. The van der Waals surface area contributed by atoms with E-state index < -0.39 is 15.7 Å². The molecule has 2 atom stereocenters. The molecule has 2 aromatic rings. The molecule has 0 radical (unpaired) electrons. The molecule has 2 aliphatic heterocycles. The summed E-state index contributed by atoms with van der Waals surface area (Å²) in [6.45, 7) is 5.27. The lowest BCUT2D eigenvalue weighted by atomic mass is 9.90. The average molecular weight is 391 g/mol. The van der Waals surface area contributed by atoms with Crippen LogP contribution in [0.1, 0.15) is 31.7 Å². The van der Waals surface area contributed by atoms with E-state index in [2.05, 4.69) is 5.32 Å². The van der Waals surface area contributed by atoms with Crippen molar-refractivity contribution in [2.75, 3.05) is 13.1 Å². The predicted octanol–water partition coefficient (Wildman–Crippen LogP) is 3.28. The molecule has 27 heavy (non-hydrogen) atoms. The Morgan fingerprint density at radius 2 is 2.00 bits per heavy atom. The third-order valence-electron chi connectivity index (χ3n) is 4.93. The van der Waals surface area contributed by atoms with Gasteiger partial charge in [-0.3, -0.25) is 0 Å². The van der Waals surface area contributed by atoms with E-state index in [1.807, 2.05) is 6.07 Å². The lowest BCUT2D eigenvalue weighted by molar-refractivity contribution is 0.176. The van der Waals surface area contributed by atoms with Crippen molar-refractivity contribution >= 4 is 9.84 Å². The molecule has 0 unspecified atom stereocenters.